The number of nitrogens with one attached hydrogen (secondary N) is 1. The van der Waals surface area contributed by atoms with E-state index in [1.807, 2.05) is 13.8 Å². The number of carbonyl (C=O) groups excluding carboxylic acids is 1. The molecule has 1 N–H and O–H groups in total. The van der Waals surface area contributed by atoms with Gasteiger partial charge in [-0.1, -0.05) is 18.5 Å². The average Bonchev–Trinajstić information content (AvgIpc) is 3.15. The normalized spacial score (nSPS) is 21.7. The third-order valence-electron chi connectivity index (χ3n) is 5.50. The van der Waals surface area contributed by atoms with Gasteiger partial charge in [-0.2, -0.15) is 0 Å². The van der Waals surface area contributed by atoms with Crippen LogP contribution in [0.1, 0.15) is 68.4 Å². The van der Waals surface area contributed by atoms with Crippen molar-refractivity contribution in [3.63, 3.8) is 0 Å². The maximum atomic E-state index is 12.2. The van der Waals surface area contributed by atoms with Crippen molar-refractivity contribution in [2.75, 3.05) is 6.54 Å². The van der Waals surface area contributed by atoms with Gasteiger partial charge in [-0.05, 0) is 56.8 Å². The number of aromatic nitrogens is 1. The van der Waals surface area contributed by atoms with E-state index >= 15 is 0 Å². The van der Waals surface area contributed by atoms with Crippen molar-refractivity contribution in [1.82, 2.24) is 10.5 Å². The third kappa shape index (κ3) is 2.85. The molecule has 1 aromatic heterocycles. The van der Waals surface area contributed by atoms with E-state index in [2.05, 4.69) is 17.4 Å². The summed E-state index contributed by atoms with van der Waals surface area (Å²) in [5.41, 5.74) is 2.44. The molecule has 0 aliphatic heterocycles. The van der Waals surface area contributed by atoms with Crippen molar-refractivity contribution in [2.45, 2.75) is 65.2 Å². The van der Waals surface area contributed by atoms with Gasteiger partial charge in [-0.25, -0.2) is 0 Å². The Kier molecular flexibility index (Phi) is 3.80. The van der Waals surface area contributed by atoms with Crippen molar-refractivity contribution >= 4 is 5.91 Å². The summed E-state index contributed by atoms with van der Waals surface area (Å²) in [6, 6.07) is 0. The van der Waals surface area contributed by atoms with Gasteiger partial charge in [0.05, 0.1) is 5.69 Å². The van der Waals surface area contributed by atoms with Crippen molar-refractivity contribution < 1.29 is 9.32 Å². The maximum absolute atomic E-state index is 12.2. The second kappa shape index (κ2) is 5.47. The zero-order valence-electron chi connectivity index (χ0n) is 13.4. The van der Waals surface area contributed by atoms with E-state index in [1.54, 1.807) is 0 Å². The standard InChI is InChI=1S/C17H26N2O2/c1-11(16-12(2)19-21-13(16)3)9-15(20)18-10-17(7-4-8-17)14-5-6-14/h11,14H,4-10H2,1-3H3,(H,18,20). The van der Waals surface area contributed by atoms with Crippen LogP contribution in [-0.2, 0) is 4.79 Å². The molecular formula is C17H26N2O2. The number of hydrogen-bond donors (Lipinski definition) is 1. The minimum absolute atomic E-state index is 0.162. The molecule has 1 aromatic rings. The number of hydrogen-bond acceptors (Lipinski definition) is 3. The van der Waals surface area contributed by atoms with Crippen LogP contribution in [0.15, 0.2) is 4.52 Å². The summed E-state index contributed by atoms with van der Waals surface area (Å²) in [5.74, 6) is 2.04. The molecule has 2 aliphatic rings. The fourth-order valence-corrected chi connectivity index (χ4v) is 3.98. The van der Waals surface area contributed by atoms with Gasteiger partial charge in [-0.3, -0.25) is 4.79 Å². The Morgan fingerprint density at radius 1 is 1.43 bits per heavy atom. The van der Waals surface area contributed by atoms with Crippen molar-refractivity contribution in [3.05, 3.63) is 17.0 Å². The van der Waals surface area contributed by atoms with Gasteiger partial charge in [0.2, 0.25) is 5.91 Å². The Bertz CT molecular complexity index is 507. The smallest absolute Gasteiger partial charge is 0.220 e. The van der Waals surface area contributed by atoms with Gasteiger partial charge in [0.25, 0.3) is 0 Å². The molecule has 1 atom stereocenters. The number of rotatable bonds is 6. The van der Waals surface area contributed by atoms with E-state index in [4.69, 9.17) is 4.52 Å². The first kappa shape index (κ1) is 14.6. The molecule has 0 aromatic carbocycles. The van der Waals surface area contributed by atoms with Gasteiger partial charge in [-0.15, -0.1) is 0 Å². The van der Waals surface area contributed by atoms with Crippen LogP contribution in [0.3, 0.4) is 0 Å². The van der Waals surface area contributed by atoms with Gasteiger partial charge >= 0.3 is 0 Å². The molecule has 1 heterocycles. The molecule has 4 heteroatoms. The van der Waals surface area contributed by atoms with Crippen LogP contribution < -0.4 is 5.32 Å². The largest absolute Gasteiger partial charge is 0.361 e. The van der Waals surface area contributed by atoms with Crippen LogP contribution in [0.5, 0.6) is 0 Å². The molecule has 2 fully saturated rings. The van der Waals surface area contributed by atoms with Crippen LogP contribution >= 0.6 is 0 Å². The lowest BCUT2D eigenvalue weighted by molar-refractivity contribution is -0.122. The molecule has 21 heavy (non-hydrogen) atoms. The van der Waals surface area contributed by atoms with Gasteiger partial charge in [0, 0.05) is 18.5 Å². The van der Waals surface area contributed by atoms with Crippen molar-refractivity contribution in [3.8, 4) is 0 Å². The summed E-state index contributed by atoms with van der Waals surface area (Å²) in [6.45, 7) is 6.81. The summed E-state index contributed by atoms with van der Waals surface area (Å²) < 4.78 is 5.20. The molecular weight excluding hydrogens is 264 g/mol. The predicted octanol–water partition coefficient (Wildman–Crippen LogP) is 3.48. The summed E-state index contributed by atoms with van der Waals surface area (Å²) >= 11 is 0. The number of amides is 1. The molecule has 3 rings (SSSR count). The summed E-state index contributed by atoms with van der Waals surface area (Å²) in [5, 5.41) is 7.17. The Morgan fingerprint density at radius 2 is 2.14 bits per heavy atom. The van der Waals surface area contributed by atoms with E-state index in [9.17, 15) is 4.79 Å². The molecule has 1 amide bonds. The lowest BCUT2D eigenvalue weighted by atomic mass is 9.65. The lowest BCUT2D eigenvalue weighted by Crippen LogP contribution is -2.43. The topological polar surface area (TPSA) is 55.1 Å². The molecule has 116 valence electrons. The third-order valence-corrected chi connectivity index (χ3v) is 5.50. The molecule has 2 saturated carbocycles. The van der Waals surface area contributed by atoms with E-state index in [1.165, 1.54) is 32.1 Å². The van der Waals surface area contributed by atoms with Crippen LogP contribution in [0.25, 0.3) is 0 Å². The Labute approximate surface area is 126 Å². The first-order valence-corrected chi connectivity index (χ1v) is 8.21. The minimum Gasteiger partial charge on any atom is -0.361 e. The molecule has 0 bridgehead atoms. The summed E-state index contributed by atoms with van der Waals surface area (Å²) in [4.78, 5) is 12.2. The van der Waals surface area contributed by atoms with Gasteiger partial charge in [0.15, 0.2) is 0 Å². The average molecular weight is 290 g/mol. The summed E-state index contributed by atoms with van der Waals surface area (Å²) in [6.07, 6.45) is 7.19. The fraction of sp³-hybridized carbons (Fsp3) is 0.765. The quantitative estimate of drug-likeness (QED) is 0.872. The van der Waals surface area contributed by atoms with Crippen LogP contribution in [0, 0.1) is 25.2 Å². The van der Waals surface area contributed by atoms with Gasteiger partial charge in [0.1, 0.15) is 5.76 Å². The lowest BCUT2D eigenvalue weighted by Gasteiger charge is -2.42. The molecule has 0 spiro atoms. The Hall–Kier alpha value is -1.32. The number of nitrogens with zero attached hydrogens (tertiary/aromatic N) is 1. The van der Waals surface area contributed by atoms with E-state index < -0.39 is 0 Å². The fourth-order valence-electron chi connectivity index (χ4n) is 3.98. The molecule has 1 unspecified atom stereocenters. The summed E-state index contributed by atoms with van der Waals surface area (Å²) in [7, 11) is 0. The highest BCUT2D eigenvalue weighted by Gasteiger charge is 2.48. The highest BCUT2D eigenvalue weighted by Crippen LogP contribution is 2.56. The zero-order chi connectivity index (χ0) is 15.0. The van der Waals surface area contributed by atoms with Crippen molar-refractivity contribution in [1.29, 1.82) is 0 Å². The van der Waals surface area contributed by atoms with E-state index in [0.29, 0.717) is 11.8 Å². The Morgan fingerprint density at radius 3 is 2.62 bits per heavy atom. The van der Waals surface area contributed by atoms with Crippen LogP contribution in [0.4, 0.5) is 0 Å². The Balaban J connectivity index is 1.52. The van der Waals surface area contributed by atoms with E-state index in [-0.39, 0.29) is 11.8 Å². The maximum Gasteiger partial charge on any atom is 0.220 e. The van der Waals surface area contributed by atoms with Crippen LogP contribution in [0.2, 0.25) is 0 Å². The zero-order valence-corrected chi connectivity index (χ0v) is 13.4. The first-order valence-electron chi connectivity index (χ1n) is 8.21. The highest BCUT2D eigenvalue weighted by molar-refractivity contribution is 5.77. The number of aryl methyl sites for hydroxylation is 2. The molecule has 0 radical (unpaired) electrons. The SMILES string of the molecule is Cc1noc(C)c1C(C)CC(=O)NCC1(C2CC2)CCC1. The van der Waals surface area contributed by atoms with Crippen molar-refractivity contribution in [2.24, 2.45) is 11.3 Å². The monoisotopic (exact) mass is 290 g/mol. The molecule has 0 saturated heterocycles. The number of carbonyl (C=O) groups is 1. The first-order chi connectivity index (χ1) is 10.0. The highest BCUT2D eigenvalue weighted by atomic mass is 16.5. The van der Waals surface area contributed by atoms with E-state index in [0.717, 1.165) is 29.5 Å². The predicted molar refractivity (Wildman–Crippen MR) is 81.0 cm³/mol. The second-order valence-electron chi connectivity index (χ2n) is 7.11. The van der Waals surface area contributed by atoms with Gasteiger partial charge < -0.3 is 9.84 Å². The molecule has 2 aliphatic carbocycles. The molecule has 4 nitrogen and oxygen atoms in total. The van der Waals surface area contributed by atoms with Crippen LogP contribution in [-0.4, -0.2) is 17.6 Å². The minimum atomic E-state index is 0.162. The second-order valence-corrected chi connectivity index (χ2v) is 7.11.